The van der Waals surface area contributed by atoms with Crippen LogP contribution >= 0.6 is 0 Å². The predicted molar refractivity (Wildman–Crippen MR) is 75.7 cm³/mol. The van der Waals surface area contributed by atoms with Gasteiger partial charge in [0.05, 0.1) is 0 Å². The first kappa shape index (κ1) is 16.5. The first-order chi connectivity index (χ1) is 8.41. The molecule has 0 rings (SSSR count). The first-order valence-corrected chi connectivity index (χ1v) is 7.15. The lowest BCUT2D eigenvalue weighted by atomic mass is 10.1. The Morgan fingerprint density at radius 1 is 0.882 bits per heavy atom. The van der Waals surface area contributed by atoms with Crippen molar-refractivity contribution in [2.24, 2.45) is 0 Å². The fourth-order valence-corrected chi connectivity index (χ4v) is 1.73. The summed E-state index contributed by atoms with van der Waals surface area (Å²) in [6.45, 7) is 3.67. The van der Waals surface area contributed by atoms with E-state index in [9.17, 15) is 5.21 Å². The van der Waals surface area contributed by atoms with E-state index in [0.29, 0.717) is 6.54 Å². The summed E-state index contributed by atoms with van der Waals surface area (Å²) in [5.74, 6) is 0. The van der Waals surface area contributed by atoms with Gasteiger partial charge in [0.2, 0.25) is 0 Å². The van der Waals surface area contributed by atoms with E-state index in [1.165, 1.54) is 51.4 Å². The summed E-state index contributed by atoms with van der Waals surface area (Å²) < 4.78 is 0. The summed E-state index contributed by atoms with van der Waals surface area (Å²) in [6, 6.07) is 0. The second kappa shape index (κ2) is 15.5. The van der Waals surface area contributed by atoms with Crippen molar-refractivity contribution in [3.63, 3.8) is 0 Å². The third-order valence-electron chi connectivity index (χ3n) is 2.81. The van der Waals surface area contributed by atoms with Gasteiger partial charge in [-0.15, -0.1) is 0 Å². The van der Waals surface area contributed by atoms with E-state index in [0.717, 1.165) is 13.0 Å². The Labute approximate surface area is 107 Å². The number of hydrogen-bond acceptors (Lipinski definition) is 3. The van der Waals surface area contributed by atoms with Crippen LogP contribution in [0.5, 0.6) is 0 Å². The maximum atomic E-state index is 9.94. The summed E-state index contributed by atoms with van der Waals surface area (Å²) in [6.07, 6.45) is 15.8. The van der Waals surface area contributed by atoms with Crippen molar-refractivity contribution in [1.82, 2.24) is 10.8 Å². The van der Waals surface area contributed by atoms with Crippen LogP contribution in [-0.4, -0.2) is 13.1 Å². The average molecular weight is 241 g/mol. The van der Waals surface area contributed by atoms with Crippen LogP contribution in [-0.2, 0) is 0 Å². The molecule has 0 saturated heterocycles. The summed E-state index contributed by atoms with van der Waals surface area (Å²) in [5.41, 5.74) is 1.89. The SMILES string of the molecule is CCCCCCCCCC=CNCCCN[O-]. The summed E-state index contributed by atoms with van der Waals surface area (Å²) >= 11 is 0. The molecular weight excluding hydrogens is 212 g/mol. The van der Waals surface area contributed by atoms with Gasteiger partial charge in [0.25, 0.3) is 0 Å². The molecule has 0 bridgehead atoms. The Kier molecular flexibility index (Phi) is 15.0. The van der Waals surface area contributed by atoms with Crippen molar-refractivity contribution >= 4 is 0 Å². The second-order valence-corrected chi connectivity index (χ2v) is 4.51. The lowest BCUT2D eigenvalue weighted by Crippen LogP contribution is -2.14. The minimum absolute atomic E-state index is 0.540. The highest BCUT2D eigenvalue weighted by atomic mass is 16.5. The number of hydroxylamine groups is 1. The van der Waals surface area contributed by atoms with E-state index in [2.05, 4.69) is 18.3 Å². The van der Waals surface area contributed by atoms with E-state index in [-0.39, 0.29) is 0 Å². The van der Waals surface area contributed by atoms with Gasteiger partial charge >= 0.3 is 0 Å². The van der Waals surface area contributed by atoms with Crippen molar-refractivity contribution in [2.45, 2.75) is 64.7 Å². The van der Waals surface area contributed by atoms with Crippen LogP contribution in [0.15, 0.2) is 12.3 Å². The van der Waals surface area contributed by atoms with Crippen molar-refractivity contribution in [1.29, 1.82) is 0 Å². The molecule has 0 aliphatic heterocycles. The molecule has 102 valence electrons. The van der Waals surface area contributed by atoms with E-state index in [4.69, 9.17) is 0 Å². The third-order valence-corrected chi connectivity index (χ3v) is 2.81. The molecule has 3 nitrogen and oxygen atoms in total. The van der Waals surface area contributed by atoms with Gasteiger partial charge < -0.3 is 16.0 Å². The van der Waals surface area contributed by atoms with Gasteiger partial charge in [-0.05, 0) is 32.0 Å². The molecule has 0 spiro atoms. The summed E-state index contributed by atoms with van der Waals surface area (Å²) in [5, 5.41) is 13.1. The Hall–Kier alpha value is -0.540. The van der Waals surface area contributed by atoms with Crippen LogP contribution in [0.2, 0.25) is 0 Å². The van der Waals surface area contributed by atoms with Gasteiger partial charge in [-0.3, -0.25) is 0 Å². The van der Waals surface area contributed by atoms with Crippen molar-refractivity contribution in [3.05, 3.63) is 17.5 Å². The highest BCUT2D eigenvalue weighted by Gasteiger charge is 1.89. The minimum atomic E-state index is 0.540. The van der Waals surface area contributed by atoms with E-state index in [1.807, 2.05) is 11.7 Å². The number of nitrogens with one attached hydrogen (secondary N) is 2. The molecule has 2 N–H and O–H groups in total. The highest BCUT2D eigenvalue weighted by molar-refractivity contribution is 4.79. The van der Waals surface area contributed by atoms with Gasteiger partial charge in [-0.25, -0.2) is 0 Å². The molecule has 3 heteroatoms. The summed E-state index contributed by atoms with van der Waals surface area (Å²) in [4.78, 5) is 0. The fourth-order valence-electron chi connectivity index (χ4n) is 1.73. The average Bonchev–Trinajstić information content (AvgIpc) is 2.35. The molecular formula is C14H29N2O-. The van der Waals surface area contributed by atoms with Gasteiger partial charge in [0.1, 0.15) is 0 Å². The molecule has 0 radical (unpaired) electrons. The molecule has 0 unspecified atom stereocenters. The Morgan fingerprint density at radius 3 is 2.29 bits per heavy atom. The smallest absolute Gasteiger partial charge is 0.0153 e. The maximum Gasteiger partial charge on any atom is 0.0153 e. The molecule has 17 heavy (non-hydrogen) atoms. The molecule has 0 heterocycles. The van der Waals surface area contributed by atoms with Crippen molar-refractivity contribution in [2.75, 3.05) is 13.1 Å². The van der Waals surface area contributed by atoms with Crippen LogP contribution in [0.25, 0.3) is 0 Å². The third kappa shape index (κ3) is 15.5. The number of allylic oxidation sites excluding steroid dienone is 1. The van der Waals surface area contributed by atoms with Crippen molar-refractivity contribution < 1.29 is 0 Å². The number of hydrogen-bond donors (Lipinski definition) is 2. The lowest BCUT2D eigenvalue weighted by molar-refractivity contribution is 0.591. The molecule has 0 aromatic rings. The largest absolute Gasteiger partial charge is 0.788 e. The summed E-state index contributed by atoms with van der Waals surface area (Å²) in [7, 11) is 0. The second-order valence-electron chi connectivity index (χ2n) is 4.51. The van der Waals surface area contributed by atoms with E-state index < -0.39 is 0 Å². The Balaban J connectivity index is 2.99. The topological polar surface area (TPSA) is 47.1 Å². The normalized spacial score (nSPS) is 11.2. The first-order valence-electron chi connectivity index (χ1n) is 7.15. The molecule has 0 aromatic carbocycles. The molecule has 0 aromatic heterocycles. The van der Waals surface area contributed by atoms with Crippen LogP contribution in [0.4, 0.5) is 0 Å². The number of rotatable bonds is 13. The fraction of sp³-hybridized carbons (Fsp3) is 0.857. The number of unbranched alkanes of at least 4 members (excludes halogenated alkanes) is 7. The quantitative estimate of drug-likeness (QED) is 0.382. The molecule has 0 aliphatic carbocycles. The molecule has 0 saturated carbocycles. The highest BCUT2D eigenvalue weighted by Crippen LogP contribution is 2.08. The Morgan fingerprint density at radius 2 is 1.59 bits per heavy atom. The zero-order valence-corrected chi connectivity index (χ0v) is 11.3. The molecule has 0 atom stereocenters. The minimum Gasteiger partial charge on any atom is -0.788 e. The zero-order valence-electron chi connectivity index (χ0n) is 11.3. The van der Waals surface area contributed by atoms with Crippen LogP contribution < -0.4 is 10.8 Å². The molecule has 0 aliphatic rings. The van der Waals surface area contributed by atoms with E-state index >= 15 is 0 Å². The van der Waals surface area contributed by atoms with Gasteiger partial charge in [-0.1, -0.05) is 51.5 Å². The molecule has 0 amide bonds. The monoisotopic (exact) mass is 241 g/mol. The predicted octanol–water partition coefficient (Wildman–Crippen LogP) is 3.71. The van der Waals surface area contributed by atoms with Gasteiger partial charge in [-0.2, -0.15) is 0 Å². The van der Waals surface area contributed by atoms with Crippen LogP contribution in [0, 0.1) is 5.21 Å². The maximum absolute atomic E-state index is 9.94. The van der Waals surface area contributed by atoms with Gasteiger partial charge in [0.15, 0.2) is 0 Å². The molecule has 0 fully saturated rings. The van der Waals surface area contributed by atoms with Crippen molar-refractivity contribution in [3.8, 4) is 0 Å². The standard InChI is InChI=1S/C14H29N2O/c1-2-3-4-5-6-7-8-9-10-12-15-13-11-14-16-17/h10,12,15-16H,2-9,11,13-14H2,1H3/q-1. The zero-order chi connectivity index (χ0) is 12.6. The van der Waals surface area contributed by atoms with Crippen LogP contribution in [0.3, 0.4) is 0 Å². The van der Waals surface area contributed by atoms with E-state index in [1.54, 1.807) is 0 Å². The lowest BCUT2D eigenvalue weighted by Gasteiger charge is -2.05. The van der Waals surface area contributed by atoms with Crippen LogP contribution in [0.1, 0.15) is 64.7 Å². The Bertz CT molecular complexity index is 160. The van der Waals surface area contributed by atoms with Gasteiger partial charge in [0, 0.05) is 6.54 Å².